The number of hydrogen-bond donors (Lipinski definition) is 2. The summed E-state index contributed by atoms with van der Waals surface area (Å²) in [5, 5.41) is 3.23. The lowest BCUT2D eigenvalue weighted by atomic mass is 10.1. The molecule has 0 radical (unpaired) electrons. The lowest BCUT2D eigenvalue weighted by Gasteiger charge is -2.14. The second-order valence-corrected chi connectivity index (χ2v) is 2.45. The third kappa shape index (κ3) is 2.23. The molecule has 0 aromatic rings. The molecule has 1 aliphatic heterocycles. The van der Waals surface area contributed by atoms with Gasteiger partial charge in [-0.25, -0.2) is 0 Å². The number of dihydropyridines is 1. The van der Waals surface area contributed by atoms with E-state index in [0.717, 1.165) is 19.4 Å². The maximum Gasteiger partial charge on any atom is 0.0442 e. The van der Waals surface area contributed by atoms with Gasteiger partial charge >= 0.3 is 0 Å². The lowest BCUT2D eigenvalue weighted by Crippen LogP contribution is -2.24. The van der Waals surface area contributed by atoms with Crippen LogP contribution >= 0.6 is 0 Å². The zero-order valence-electron chi connectivity index (χ0n) is 6.09. The Balaban J connectivity index is 2.17. The minimum absolute atomic E-state index is 0.508. The molecule has 0 saturated heterocycles. The average Bonchev–Trinajstić information content (AvgIpc) is 2.03. The van der Waals surface area contributed by atoms with Gasteiger partial charge in [0.1, 0.15) is 0 Å². The van der Waals surface area contributed by atoms with Crippen LogP contribution in [0.25, 0.3) is 0 Å². The lowest BCUT2D eigenvalue weighted by molar-refractivity contribution is 0.605. The van der Waals surface area contributed by atoms with Gasteiger partial charge in [0, 0.05) is 6.04 Å². The summed E-state index contributed by atoms with van der Waals surface area (Å²) in [4.78, 5) is 0. The topological polar surface area (TPSA) is 38.0 Å². The molecule has 0 bridgehead atoms. The van der Waals surface area contributed by atoms with E-state index < -0.39 is 0 Å². The van der Waals surface area contributed by atoms with Crippen molar-refractivity contribution in [2.75, 3.05) is 6.54 Å². The van der Waals surface area contributed by atoms with Crippen LogP contribution in [0.5, 0.6) is 0 Å². The van der Waals surface area contributed by atoms with Crippen molar-refractivity contribution in [3.8, 4) is 0 Å². The molecule has 0 fully saturated rings. The van der Waals surface area contributed by atoms with Crippen molar-refractivity contribution in [1.82, 2.24) is 5.32 Å². The Morgan fingerprint density at radius 2 is 2.30 bits per heavy atom. The van der Waals surface area contributed by atoms with Crippen LogP contribution in [0.1, 0.15) is 12.8 Å². The summed E-state index contributed by atoms with van der Waals surface area (Å²) in [6.07, 6.45) is 10.4. The van der Waals surface area contributed by atoms with Gasteiger partial charge < -0.3 is 11.1 Å². The van der Waals surface area contributed by atoms with Crippen LogP contribution in [0.3, 0.4) is 0 Å². The molecule has 0 saturated carbocycles. The second kappa shape index (κ2) is 4.12. The molecule has 1 atom stereocenters. The van der Waals surface area contributed by atoms with Crippen LogP contribution < -0.4 is 11.1 Å². The summed E-state index contributed by atoms with van der Waals surface area (Å²) in [5.74, 6) is 0. The van der Waals surface area contributed by atoms with Crippen molar-refractivity contribution in [2.45, 2.75) is 18.9 Å². The Kier molecular flexibility index (Phi) is 3.03. The van der Waals surface area contributed by atoms with E-state index in [9.17, 15) is 0 Å². The highest BCUT2D eigenvalue weighted by atomic mass is 14.9. The number of nitrogens with one attached hydrogen (secondary N) is 1. The number of allylic oxidation sites excluding steroid dienone is 2. The molecule has 1 rings (SSSR count). The highest BCUT2D eigenvalue weighted by Gasteiger charge is 2.01. The fourth-order valence-electron chi connectivity index (χ4n) is 1.01. The fraction of sp³-hybridized carbons (Fsp3) is 0.500. The van der Waals surface area contributed by atoms with Gasteiger partial charge in [0.15, 0.2) is 0 Å². The SMILES string of the molecule is NCCCC1C=CC=CN1. The molecular weight excluding hydrogens is 124 g/mol. The molecular formula is C8H14N2. The maximum absolute atomic E-state index is 5.38. The zero-order valence-corrected chi connectivity index (χ0v) is 6.09. The first-order chi connectivity index (χ1) is 4.93. The highest BCUT2D eigenvalue weighted by molar-refractivity contribution is 5.11. The average molecular weight is 138 g/mol. The van der Waals surface area contributed by atoms with Crippen LogP contribution in [-0.2, 0) is 0 Å². The van der Waals surface area contributed by atoms with Crippen molar-refractivity contribution in [2.24, 2.45) is 5.73 Å². The predicted molar refractivity (Wildman–Crippen MR) is 43.5 cm³/mol. The van der Waals surface area contributed by atoms with E-state index >= 15 is 0 Å². The van der Waals surface area contributed by atoms with Gasteiger partial charge in [-0.05, 0) is 31.7 Å². The van der Waals surface area contributed by atoms with Gasteiger partial charge in [0.25, 0.3) is 0 Å². The van der Waals surface area contributed by atoms with Crippen LogP contribution in [-0.4, -0.2) is 12.6 Å². The fourth-order valence-corrected chi connectivity index (χ4v) is 1.01. The Hall–Kier alpha value is -0.760. The molecule has 3 N–H and O–H groups in total. The molecule has 1 aliphatic rings. The third-order valence-corrected chi connectivity index (χ3v) is 1.58. The molecule has 0 amide bonds. The molecule has 0 spiro atoms. The molecule has 0 aromatic heterocycles. The first-order valence-electron chi connectivity index (χ1n) is 3.73. The van der Waals surface area contributed by atoms with Crippen molar-refractivity contribution in [3.63, 3.8) is 0 Å². The Morgan fingerprint density at radius 3 is 2.90 bits per heavy atom. The molecule has 56 valence electrons. The second-order valence-electron chi connectivity index (χ2n) is 2.45. The maximum atomic E-state index is 5.38. The Bertz CT molecular complexity index is 138. The Morgan fingerprint density at radius 1 is 1.40 bits per heavy atom. The largest absolute Gasteiger partial charge is 0.385 e. The van der Waals surface area contributed by atoms with E-state index in [1.165, 1.54) is 0 Å². The molecule has 2 heteroatoms. The molecule has 2 nitrogen and oxygen atoms in total. The van der Waals surface area contributed by atoms with E-state index in [1.54, 1.807) is 0 Å². The van der Waals surface area contributed by atoms with E-state index in [2.05, 4.69) is 17.5 Å². The van der Waals surface area contributed by atoms with Gasteiger partial charge in [0.05, 0.1) is 0 Å². The monoisotopic (exact) mass is 138 g/mol. The molecule has 1 unspecified atom stereocenters. The Labute approximate surface area is 61.8 Å². The summed E-state index contributed by atoms with van der Waals surface area (Å²) in [5.41, 5.74) is 5.38. The summed E-state index contributed by atoms with van der Waals surface area (Å²) in [6, 6.07) is 0.508. The number of nitrogens with two attached hydrogens (primary N) is 1. The first kappa shape index (κ1) is 7.35. The van der Waals surface area contributed by atoms with Crippen molar-refractivity contribution in [1.29, 1.82) is 0 Å². The van der Waals surface area contributed by atoms with E-state index in [1.807, 2.05) is 12.3 Å². The number of rotatable bonds is 3. The molecule has 1 heterocycles. The summed E-state index contributed by atoms with van der Waals surface area (Å²) in [6.45, 7) is 0.787. The van der Waals surface area contributed by atoms with Crippen LogP contribution in [0.2, 0.25) is 0 Å². The van der Waals surface area contributed by atoms with E-state index in [0.29, 0.717) is 6.04 Å². The van der Waals surface area contributed by atoms with Gasteiger partial charge in [0.2, 0.25) is 0 Å². The third-order valence-electron chi connectivity index (χ3n) is 1.58. The van der Waals surface area contributed by atoms with Crippen molar-refractivity contribution >= 4 is 0 Å². The number of hydrogen-bond acceptors (Lipinski definition) is 2. The van der Waals surface area contributed by atoms with E-state index in [-0.39, 0.29) is 0 Å². The summed E-state index contributed by atoms with van der Waals surface area (Å²) < 4.78 is 0. The molecule has 0 aliphatic carbocycles. The van der Waals surface area contributed by atoms with E-state index in [4.69, 9.17) is 5.73 Å². The predicted octanol–water partition coefficient (Wildman–Crippen LogP) is 0.767. The molecule has 0 aromatic carbocycles. The van der Waals surface area contributed by atoms with Crippen molar-refractivity contribution in [3.05, 3.63) is 24.4 Å². The van der Waals surface area contributed by atoms with Crippen LogP contribution in [0.4, 0.5) is 0 Å². The normalized spacial score (nSPS) is 22.7. The zero-order chi connectivity index (χ0) is 7.23. The smallest absolute Gasteiger partial charge is 0.0442 e. The first-order valence-corrected chi connectivity index (χ1v) is 3.73. The van der Waals surface area contributed by atoms with Gasteiger partial charge in [-0.1, -0.05) is 12.2 Å². The summed E-state index contributed by atoms with van der Waals surface area (Å²) >= 11 is 0. The minimum Gasteiger partial charge on any atom is -0.385 e. The quantitative estimate of drug-likeness (QED) is 0.604. The van der Waals surface area contributed by atoms with Crippen molar-refractivity contribution < 1.29 is 0 Å². The van der Waals surface area contributed by atoms with Gasteiger partial charge in [-0.3, -0.25) is 0 Å². The molecule has 10 heavy (non-hydrogen) atoms. The highest BCUT2D eigenvalue weighted by Crippen LogP contribution is 2.01. The van der Waals surface area contributed by atoms with Crippen LogP contribution in [0.15, 0.2) is 24.4 Å². The van der Waals surface area contributed by atoms with Gasteiger partial charge in [-0.2, -0.15) is 0 Å². The summed E-state index contributed by atoms with van der Waals surface area (Å²) in [7, 11) is 0. The standard InChI is InChI=1S/C8H14N2/c9-6-3-5-8-4-1-2-7-10-8/h1-2,4,7-8,10H,3,5-6,9H2. The van der Waals surface area contributed by atoms with Gasteiger partial charge in [-0.15, -0.1) is 0 Å². The minimum atomic E-state index is 0.508. The van der Waals surface area contributed by atoms with Crippen LogP contribution in [0, 0.1) is 0 Å².